The van der Waals surface area contributed by atoms with Crippen LogP contribution in [0.25, 0.3) is 4.96 Å². The number of benzene rings is 1. The molecule has 3 rings (SSSR count). The minimum atomic E-state index is -0.565. The lowest BCUT2D eigenvalue weighted by atomic mass is 10.1. The van der Waals surface area contributed by atoms with Crippen LogP contribution in [0, 0.1) is 5.82 Å². The van der Waals surface area contributed by atoms with Crippen LogP contribution in [0.4, 0.5) is 4.39 Å². The van der Waals surface area contributed by atoms with Crippen molar-refractivity contribution in [3.63, 3.8) is 0 Å². The SMILES string of the molecule is COc1c(F)cccc1C(=O)NC(C)c1cn2ccsc2n1. The van der Waals surface area contributed by atoms with Gasteiger partial charge >= 0.3 is 0 Å². The molecule has 22 heavy (non-hydrogen) atoms. The van der Waals surface area contributed by atoms with Crippen LogP contribution in [-0.4, -0.2) is 22.4 Å². The molecule has 0 saturated carbocycles. The summed E-state index contributed by atoms with van der Waals surface area (Å²) in [4.78, 5) is 17.6. The number of hydrogen-bond donors (Lipinski definition) is 1. The molecule has 1 aromatic carbocycles. The summed E-state index contributed by atoms with van der Waals surface area (Å²) in [6.07, 6.45) is 3.76. The van der Waals surface area contributed by atoms with Gasteiger partial charge in [-0.25, -0.2) is 9.37 Å². The van der Waals surface area contributed by atoms with Crippen LogP contribution in [0.2, 0.25) is 0 Å². The highest BCUT2D eigenvalue weighted by molar-refractivity contribution is 7.15. The molecule has 2 aromatic heterocycles. The van der Waals surface area contributed by atoms with Gasteiger partial charge in [0.25, 0.3) is 5.91 Å². The number of nitrogens with zero attached hydrogens (tertiary/aromatic N) is 2. The molecular formula is C15H14FN3O2S. The van der Waals surface area contributed by atoms with Gasteiger partial charge in [0.2, 0.25) is 0 Å². The van der Waals surface area contributed by atoms with Gasteiger partial charge < -0.3 is 10.1 Å². The maximum absolute atomic E-state index is 13.6. The Morgan fingerprint density at radius 3 is 3.05 bits per heavy atom. The fourth-order valence-electron chi connectivity index (χ4n) is 2.20. The van der Waals surface area contributed by atoms with E-state index in [4.69, 9.17) is 4.74 Å². The van der Waals surface area contributed by atoms with E-state index < -0.39 is 11.7 Å². The summed E-state index contributed by atoms with van der Waals surface area (Å²) in [5.74, 6) is -1.02. The van der Waals surface area contributed by atoms with Crippen molar-refractivity contribution in [3.8, 4) is 5.75 Å². The summed E-state index contributed by atoms with van der Waals surface area (Å²) >= 11 is 1.52. The van der Waals surface area contributed by atoms with E-state index in [1.165, 1.54) is 36.6 Å². The Morgan fingerprint density at radius 1 is 1.50 bits per heavy atom. The van der Waals surface area contributed by atoms with Gasteiger partial charge in [-0.2, -0.15) is 0 Å². The molecule has 5 nitrogen and oxygen atoms in total. The summed E-state index contributed by atoms with van der Waals surface area (Å²) in [5.41, 5.74) is 0.908. The zero-order chi connectivity index (χ0) is 15.7. The summed E-state index contributed by atoms with van der Waals surface area (Å²) in [6.45, 7) is 1.83. The topological polar surface area (TPSA) is 55.6 Å². The fraction of sp³-hybridized carbons (Fsp3) is 0.200. The second-order valence-electron chi connectivity index (χ2n) is 4.77. The van der Waals surface area contributed by atoms with Crippen LogP contribution in [0.15, 0.2) is 36.0 Å². The van der Waals surface area contributed by atoms with Gasteiger partial charge in [-0.3, -0.25) is 9.20 Å². The number of ether oxygens (including phenoxy) is 1. The Morgan fingerprint density at radius 2 is 2.32 bits per heavy atom. The van der Waals surface area contributed by atoms with E-state index in [9.17, 15) is 9.18 Å². The third-order valence-electron chi connectivity index (χ3n) is 3.32. The third-order valence-corrected chi connectivity index (χ3v) is 4.09. The van der Waals surface area contributed by atoms with Gasteiger partial charge in [-0.05, 0) is 19.1 Å². The van der Waals surface area contributed by atoms with E-state index in [2.05, 4.69) is 10.3 Å². The molecule has 0 aliphatic rings. The summed E-state index contributed by atoms with van der Waals surface area (Å²) in [6, 6.07) is 3.95. The lowest BCUT2D eigenvalue weighted by Gasteiger charge is -2.13. The molecule has 7 heteroatoms. The zero-order valence-corrected chi connectivity index (χ0v) is 12.9. The fourth-order valence-corrected chi connectivity index (χ4v) is 2.90. The second-order valence-corrected chi connectivity index (χ2v) is 5.65. The maximum atomic E-state index is 13.6. The molecule has 2 heterocycles. The number of amides is 1. The summed E-state index contributed by atoms with van der Waals surface area (Å²) < 4.78 is 20.5. The Bertz CT molecular complexity index is 799. The molecule has 0 aliphatic heterocycles. The largest absolute Gasteiger partial charge is 0.493 e. The third kappa shape index (κ3) is 2.55. The van der Waals surface area contributed by atoms with Crippen LogP contribution in [0.3, 0.4) is 0 Å². The average Bonchev–Trinajstić information content (AvgIpc) is 3.08. The van der Waals surface area contributed by atoms with Gasteiger partial charge in [0.15, 0.2) is 16.5 Å². The van der Waals surface area contributed by atoms with E-state index in [-0.39, 0.29) is 17.4 Å². The lowest BCUT2D eigenvalue weighted by Crippen LogP contribution is -2.27. The number of carbonyl (C=O) groups excluding carboxylic acids is 1. The highest BCUT2D eigenvalue weighted by atomic mass is 32.1. The number of hydrogen-bond acceptors (Lipinski definition) is 4. The molecule has 0 radical (unpaired) electrons. The van der Waals surface area contributed by atoms with E-state index >= 15 is 0 Å². The Labute approximate surface area is 130 Å². The standard InChI is InChI=1S/C15H14FN3O2S/c1-9(12-8-19-6-7-22-15(19)18-12)17-14(20)10-4-3-5-11(16)13(10)21-2/h3-9H,1-2H3,(H,17,20). The first kappa shape index (κ1) is 14.5. The molecule has 3 aromatic rings. The highest BCUT2D eigenvalue weighted by Crippen LogP contribution is 2.23. The monoisotopic (exact) mass is 319 g/mol. The molecule has 1 N–H and O–H groups in total. The number of thiazole rings is 1. The second kappa shape index (κ2) is 5.76. The van der Waals surface area contributed by atoms with Crippen molar-refractivity contribution >= 4 is 22.2 Å². The predicted octanol–water partition coefficient (Wildman–Crippen LogP) is 3.03. The minimum Gasteiger partial charge on any atom is -0.493 e. The van der Waals surface area contributed by atoms with Gasteiger partial charge in [0.05, 0.1) is 24.4 Å². The smallest absolute Gasteiger partial charge is 0.255 e. The predicted molar refractivity (Wildman–Crippen MR) is 81.9 cm³/mol. The number of imidazole rings is 1. The van der Waals surface area contributed by atoms with Crippen molar-refractivity contribution in [1.82, 2.24) is 14.7 Å². The number of nitrogens with one attached hydrogen (secondary N) is 1. The van der Waals surface area contributed by atoms with E-state index in [1.54, 1.807) is 0 Å². The van der Waals surface area contributed by atoms with Crippen molar-refractivity contribution in [2.24, 2.45) is 0 Å². The number of rotatable bonds is 4. The molecule has 1 amide bonds. The Kier molecular flexibility index (Phi) is 3.81. The van der Waals surface area contributed by atoms with Crippen LogP contribution in [0.1, 0.15) is 29.0 Å². The van der Waals surface area contributed by atoms with Crippen LogP contribution in [-0.2, 0) is 0 Å². The van der Waals surface area contributed by atoms with Gasteiger partial charge in [-0.1, -0.05) is 6.07 Å². The molecule has 0 saturated heterocycles. The highest BCUT2D eigenvalue weighted by Gasteiger charge is 2.19. The summed E-state index contributed by atoms with van der Waals surface area (Å²) in [5, 5.41) is 4.75. The molecule has 0 spiro atoms. The Hall–Kier alpha value is -2.41. The van der Waals surface area contributed by atoms with Crippen LogP contribution >= 0.6 is 11.3 Å². The van der Waals surface area contributed by atoms with E-state index in [0.717, 1.165) is 10.7 Å². The van der Waals surface area contributed by atoms with Gasteiger partial charge in [-0.15, -0.1) is 11.3 Å². The maximum Gasteiger partial charge on any atom is 0.255 e. The van der Waals surface area contributed by atoms with E-state index in [0.29, 0.717) is 0 Å². The first-order chi connectivity index (χ1) is 10.6. The molecule has 0 bridgehead atoms. The average molecular weight is 319 g/mol. The molecule has 1 atom stereocenters. The van der Waals surface area contributed by atoms with Crippen molar-refractivity contribution in [2.45, 2.75) is 13.0 Å². The lowest BCUT2D eigenvalue weighted by molar-refractivity contribution is 0.0935. The number of fused-ring (bicyclic) bond motifs is 1. The minimum absolute atomic E-state index is 0.0574. The first-order valence-electron chi connectivity index (χ1n) is 6.65. The van der Waals surface area contributed by atoms with Gasteiger partial charge in [0, 0.05) is 17.8 Å². The quantitative estimate of drug-likeness (QED) is 0.804. The molecule has 0 aliphatic carbocycles. The Balaban J connectivity index is 1.82. The van der Waals surface area contributed by atoms with E-state index in [1.807, 2.05) is 29.1 Å². The number of carbonyl (C=O) groups is 1. The first-order valence-corrected chi connectivity index (χ1v) is 7.53. The number of halogens is 1. The van der Waals surface area contributed by atoms with Gasteiger partial charge in [0.1, 0.15) is 0 Å². The number of aromatic nitrogens is 2. The molecular weight excluding hydrogens is 305 g/mol. The summed E-state index contributed by atoms with van der Waals surface area (Å²) in [7, 11) is 1.34. The number of methoxy groups -OCH3 is 1. The van der Waals surface area contributed by atoms with Crippen molar-refractivity contribution < 1.29 is 13.9 Å². The van der Waals surface area contributed by atoms with Crippen LogP contribution in [0.5, 0.6) is 5.75 Å². The molecule has 114 valence electrons. The molecule has 0 fully saturated rings. The number of para-hydroxylation sites is 1. The van der Waals surface area contributed by atoms with Crippen molar-refractivity contribution in [2.75, 3.05) is 7.11 Å². The van der Waals surface area contributed by atoms with Crippen molar-refractivity contribution in [3.05, 3.63) is 53.0 Å². The normalized spacial score (nSPS) is 12.3. The molecule has 1 unspecified atom stereocenters. The van der Waals surface area contributed by atoms with Crippen LogP contribution < -0.4 is 10.1 Å². The van der Waals surface area contributed by atoms with Crippen molar-refractivity contribution in [1.29, 1.82) is 0 Å². The zero-order valence-electron chi connectivity index (χ0n) is 12.0.